The maximum Gasteiger partial charge on any atom is 0.337 e. The molecule has 0 radical (unpaired) electrons. The number of carboxylic acids is 2. The van der Waals surface area contributed by atoms with E-state index in [-0.39, 0.29) is 15.5 Å². The highest BCUT2D eigenvalue weighted by Gasteiger charge is 2.30. The maximum absolute atomic E-state index is 12.2. The lowest BCUT2D eigenvalue weighted by Crippen LogP contribution is -2.44. The quantitative estimate of drug-likeness (QED) is 0.690. The lowest BCUT2D eigenvalue weighted by molar-refractivity contribution is -0.140. The Labute approximate surface area is 133 Å². The average molecular weight is 350 g/mol. The number of hydrogen-bond donors (Lipinski definition) is 3. The Morgan fingerprint density at radius 3 is 2.36 bits per heavy atom. The van der Waals surface area contributed by atoms with Gasteiger partial charge in [0, 0.05) is 0 Å². The second kappa shape index (κ2) is 7.08. The normalized spacial score (nSPS) is 14.3. The molecule has 9 heteroatoms. The number of nitrogens with one attached hydrogen (secondary N) is 1. The Hall–Kier alpha value is -1.64. The second-order valence-corrected chi connectivity index (χ2v) is 6.89. The molecule has 0 aliphatic heterocycles. The first-order chi connectivity index (χ1) is 10.1. The molecule has 7 nitrogen and oxygen atoms in total. The summed E-state index contributed by atoms with van der Waals surface area (Å²) >= 11 is 5.68. The minimum Gasteiger partial charge on any atom is -0.480 e. The van der Waals surface area contributed by atoms with E-state index in [1.165, 1.54) is 0 Å². The third-order valence-corrected chi connectivity index (χ3v) is 5.01. The first-order valence-electron chi connectivity index (χ1n) is 6.38. The molecule has 22 heavy (non-hydrogen) atoms. The Morgan fingerprint density at radius 1 is 1.32 bits per heavy atom. The largest absolute Gasteiger partial charge is 0.480 e. The number of sulfonamides is 1. The summed E-state index contributed by atoms with van der Waals surface area (Å²) in [5, 5.41) is 18.0. The topological polar surface area (TPSA) is 121 Å². The number of hydrogen-bond acceptors (Lipinski definition) is 4. The summed E-state index contributed by atoms with van der Waals surface area (Å²) in [5.74, 6) is -3.11. The maximum atomic E-state index is 12.2. The first kappa shape index (κ1) is 18.4. The molecule has 0 amide bonds. The molecule has 0 unspecified atom stereocenters. The van der Waals surface area contributed by atoms with Gasteiger partial charge in [-0.25, -0.2) is 13.2 Å². The number of benzene rings is 1. The van der Waals surface area contributed by atoms with Crippen molar-refractivity contribution in [1.29, 1.82) is 0 Å². The van der Waals surface area contributed by atoms with Crippen LogP contribution in [0.4, 0.5) is 0 Å². The zero-order chi connectivity index (χ0) is 17.1. The zero-order valence-corrected chi connectivity index (χ0v) is 13.5. The van der Waals surface area contributed by atoms with Crippen LogP contribution in [0.15, 0.2) is 23.1 Å². The minimum absolute atomic E-state index is 0.108. The monoisotopic (exact) mass is 349 g/mol. The Balaban J connectivity index is 3.21. The summed E-state index contributed by atoms with van der Waals surface area (Å²) in [4.78, 5) is 21.8. The van der Waals surface area contributed by atoms with Crippen LogP contribution in [-0.2, 0) is 14.8 Å². The fraction of sp³-hybridized carbons (Fsp3) is 0.385. The second-order valence-electron chi connectivity index (χ2n) is 4.77. The number of halogens is 1. The van der Waals surface area contributed by atoms with Crippen molar-refractivity contribution in [2.45, 2.75) is 31.2 Å². The molecule has 122 valence electrons. The SMILES string of the molecule is CC[C@@H](C)[C@@H](NS(=O)(=O)c1ccc(Cl)c(C(=O)O)c1)C(=O)O. The zero-order valence-electron chi connectivity index (χ0n) is 11.9. The van der Waals surface area contributed by atoms with Gasteiger partial charge in [-0.05, 0) is 24.1 Å². The summed E-state index contributed by atoms with van der Waals surface area (Å²) in [5.41, 5.74) is -0.375. The van der Waals surface area contributed by atoms with E-state index in [0.29, 0.717) is 6.42 Å². The van der Waals surface area contributed by atoms with Crippen LogP contribution >= 0.6 is 11.6 Å². The molecule has 0 aliphatic carbocycles. The molecule has 0 heterocycles. The van der Waals surface area contributed by atoms with Crippen LogP contribution in [0.25, 0.3) is 0 Å². The van der Waals surface area contributed by atoms with Crippen molar-refractivity contribution in [1.82, 2.24) is 4.72 Å². The van der Waals surface area contributed by atoms with E-state index < -0.39 is 33.9 Å². The van der Waals surface area contributed by atoms with E-state index in [9.17, 15) is 18.0 Å². The van der Waals surface area contributed by atoms with Gasteiger partial charge in [-0.2, -0.15) is 4.72 Å². The molecule has 0 fully saturated rings. The number of rotatable bonds is 7. The molecule has 0 spiro atoms. The number of carboxylic acid groups (broad SMARTS) is 2. The molecule has 0 saturated heterocycles. The highest BCUT2D eigenvalue weighted by atomic mass is 35.5. The number of aliphatic carboxylic acids is 1. The van der Waals surface area contributed by atoms with Crippen LogP contribution in [-0.4, -0.2) is 36.6 Å². The molecule has 0 aromatic heterocycles. The van der Waals surface area contributed by atoms with E-state index in [0.717, 1.165) is 18.2 Å². The van der Waals surface area contributed by atoms with E-state index in [1.807, 2.05) is 0 Å². The predicted molar refractivity (Wildman–Crippen MR) is 79.6 cm³/mol. The summed E-state index contributed by atoms with van der Waals surface area (Å²) in [7, 11) is -4.19. The molecule has 1 rings (SSSR count). The van der Waals surface area contributed by atoms with Crippen molar-refractivity contribution in [3.8, 4) is 0 Å². The van der Waals surface area contributed by atoms with Gasteiger partial charge in [0.2, 0.25) is 10.0 Å². The summed E-state index contributed by atoms with van der Waals surface area (Å²) in [6, 6.07) is 1.84. The van der Waals surface area contributed by atoms with Gasteiger partial charge in [-0.3, -0.25) is 4.79 Å². The van der Waals surface area contributed by atoms with E-state index >= 15 is 0 Å². The van der Waals surface area contributed by atoms with Crippen molar-refractivity contribution in [2.24, 2.45) is 5.92 Å². The van der Waals surface area contributed by atoms with Crippen molar-refractivity contribution in [3.63, 3.8) is 0 Å². The van der Waals surface area contributed by atoms with Gasteiger partial charge >= 0.3 is 11.9 Å². The summed E-state index contributed by atoms with van der Waals surface area (Å²) in [6.45, 7) is 3.34. The van der Waals surface area contributed by atoms with Crippen molar-refractivity contribution in [2.75, 3.05) is 0 Å². The van der Waals surface area contributed by atoms with Gasteiger partial charge < -0.3 is 10.2 Å². The summed E-state index contributed by atoms with van der Waals surface area (Å²) in [6.07, 6.45) is 0.459. The first-order valence-corrected chi connectivity index (χ1v) is 8.24. The Kier molecular flexibility index (Phi) is 5.92. The third-order valence-electron chi connectivity index (χ3n) is 3.24. The average Bonchev–Trinajstić information content (AvgIpc) is 2.43. The molecule has 2 atom stereocenters. The van der Waals surface area contributed by atoms with Crippen LogP contribution in [0.3, 0.4) is 0 Å². The lowest BCUT2D eigenvalue weighted by atomic mass is 10.0. The molecule has 3 N–H and O–H groups in total. The van der Waals surface area contributed by atoms with Gasteiger partial charge in [0.15, 0.2) is 0 Å². The standard InChI is InChI=1S/C13H16ClNO6S/c1-3-7(2)11(13(18)19)15-22(20,21)8-4-5-10(14)9(6-8)12(16)17/h4-7,11,15H,3H2,1-2H3,(H,16,17)(H,18,19)/t7-,11-/m1/s1. The van der Waals surface area contributed by atoms with Gasteiger partial charge in [-0.1, -0.05) is 31.9 Å². The van der Waals surface area contributed by atoms with E-state index in [2.05, 4.69) is 4.72 Å². The highest BCUT2D eigenvalue weighted by Crippen LogP contribution is 2.21. The fourth-order valence-corrected chi connectivity index (χ4v) is 3.24. The smallest absolute Gasteiger partial charge is 0.337 e. The van der Waals surface area contributed by atoms with Crippen LogP contribution in [0, 0.1) is 5.92 Å². The van der Waals surface area contributed by atoms with E-state index in [1.54, 1.807) is 13.8 Å². The molecule has 0 bridgehead atoms. The van der Waals surface area contributed by atoms with Crippen molar-refractivity contribution in [3.05, 3.63) is 28.8 Å². The molecule has 0 aliphatic rings. The molecular weight excluding hydrogens is 334 g/mol. The van der Waals surface area contributed by atoms with Crippen molar-refractivity contribution < 1.29 is 28.2 Å². The van der Waals surface area contributed by atoms with Gasteiger partial charge in [0.25, 0.3) is 0 Å². The lowest BCUT2D eigenvalue weighted by Gasteiger charge is -2.20. The molecule has 1 aromatic carbocycles. The third kappa shape index (κ3) is 4.19. The molecule has 0 saturated carbocycles. The van der Waals surface area contributed by atoms with Crippen LogP contribution in [0.1, 0.15) is 30.6 Å². The number of carbonyl (C=O) groups is 2. The summed E-state index contributed by atoms with van der Waals surface area (Å²) < 4.78 is 26.6. The molecular formula is C13H16ClNO6S. The predicted octanol–water partition coefficient (Wildman–Crippen LogP) is 1.82. The molecule has 1 aromatic rings. The van der Waals surface area contributed by atoms with Crippen LogP contribution in [0.2, 0.25) is 5.02 Å². The number of aromatic carboxylic acids is 1. The van der Waals surface area contributed by atoms with Crippen LogP contribution < -0.4 is 4.72 Å². The fourth-order valence-electron chi connectivity index (χ4n) is 1.72. The Morgan fingerprint density at radius 2 is 1.91 bits per heavy atom. The van der Waals surface area contributed by atoms with Gasteiger partial charge in [0.05, 0.1) is 15.5 Å². The van der Waals surface area contributed by atoms with Gasteiger partial charge in [-0.15, -0.1) is 0 Å². The Bertz CT molecular complexity index is 688. The van der Waals surface area contributed by atoms with E-state index in [4.69, 9.17) is 21.8 Å². The minimum atomic E-state index is -4.19. The van der Waals surface area contributed by atoms with Crippen LogP contribution in [0.5, 0.6) is 0 Å². The van der Waals surface area contributed by atoms with Crippen molar-refractivity contribution >= 4 is 33.6 Å². The highest BCUT2D eigenvalue weighted by molar-refractivity contribution is 7.89. The van der Waals surface area contributed by atoms with Gasteiger partial charge in [0.1, 0.15) is 6.04 Å².